The second-order valence-electron chi connectivity index (χ2n) is 6.94. The summed E-state index contributed by atoms with van der Waals surface area (Å²) in [4.78, 5) is 23.2. The summed E-state index contributed by atoms with van der Waals surface area (Å²) < 4.78 is 32.1. The van der Waals surface area contributed by atoms with Crippen molar-refractivity contribution in [1.82, 2.24) is 9.73 Å². The second-order valence-corrected chi connectivity index (χ2v) is 8.88. The molecule has 0 radical (unpaired) electrons. The first-order valence-electron chi connectivity index (χ1n) is 9.48. The number of benzene rings is 2. The lowest BCUT2D eigenvalue weighted by molar-refractivity contribution is -0.385. The molecule has 31 heavy (non-hydrogen) atoms. The number of carbonyl (C=O) groups is 1. The van der Waals surface area contributed by atoms with Gasteiger partial charge < -0.3 is 4.74 Å². The number of rotatable bonds is 6. The molecule has 0 aromatic heterocycles. The Bertz CT molecular complexity index is 1140. The number of hydrogen-bond acceptors (Lipinski definition) is 7. The van der Waals surface area contributed by atoms with Gasteiger partial charge in [-0.1, -0.05) is 18.2 Å². The summed E-state index contributed by atoms with van der Waals surface area (Å²) in [6.07, 6.45) is 0. The predicted molar refractivity (Wildman–Crippen MR) is 114 cm³/mol. The van der Waals surface area contributed by atoms with Crippen LogP contribution in [-0.2, 0) is 14.8 Å². The molecule has 3 rings (SSSR count). The zero-order chi connectivity index (χ0) is 22.6. The topological polar surface area (TPSA) is 131 Å². The zero-order valence-corrected chi connectivity index (χ0v) is 17.9. The first-order chi connectivity index (χ1) is 14.7. The Labute approximate surface area is 179 Å². The Morgan fingerprint density at radius 2 is 1.87 bits per heavy atom. The van der Waals surface area contributed by atoms with Gasteiger partial charge in [0, 0.05) is 35.8 Å². The van der Waals surface area contributed by atoms with Crippen molar-refractivity contribution in [2.75, 3.05) is 26.3 Å². The fourth-order valence-electron chi connectivity index (χ4n) is 3.03. The number of carbonyl (C=O) groups excluding carboxylic acids is 1. The van der Waals surface area contributed by atoms with Crippen LogP contribution in [0.2, 0.25) is 0 Å². The summed E-state index contributed by atoms with van der Waals surface area (Å²) >= 11 is 0. The van der Waals surface area contributed by atoms with E-state index in [2.05, 4.69) is 10.5 Å². The van der Waals surface area contributed by atoms with Crippen LogP contribution in [0.5, 0.6) is 0 Å². The minimum Gasteiger partial charge on any atom is -0.379 e. The van der Waals surface area contributed by atoms with Crippen molar-refractivity contribution >= 4 is 27.3 Å². The standard InChI is InChI=1S/C20H22N4O6S/c1-14-6-7-16(13-19(14)24(26)27)15(2)21-22-20(25)17-4-3-5-18(12-17)31(28,29)23-8-10-30-11-9-23/h3-7,12-13H,8-11H2,1-2H3,(H,22,25)/b21-15-. The van der Waals surface area contributed by atoms with Crippen LogP contribution < -0.4 is 5.43 Å². The molecule has 0 unspecified atom stereocenters. The summed E-state index contributed by atoms with van der Waals surface area (Å²) in [7, 11) is -3.74. The molecule has 10 nitrogen and oxygen atoms in total. The summed E-state index contributed by atoms with van der Waals surface area (Å²) in [6.45, 7) is 4.40. The number of hydrogen-bond donors (Lipinski definition) is 1. The number of sulfonamides is 1. The minimum atomic E-state index is -3.74. The Kier molecular flexibility index (Phi) is 6.78. The molecule has 1 aliphatic heterocycles. The molecular weight excluding hydrogens is 424 g/mol. The molecule has 1 saturated heterocycles. The maximum Gasteiger partial charge on any atom is 0.272 e. The third kappa shape index (κ3) is 5.13. The van der Waals surface area contributed by atoms with Crippen LogP contribution in [0, 0.1) is 17.0 Å². The van der Waals surface area contributed by atoms with Crippen molar-refractivity contribution in [2.24, 2.45) is 5.10 Å². The highest BCUT2D eigenvalue weighted by molar-refractivity contribution is 7.89. The molecule has 2 aromatic carbocycles. The number of ether oxygens (including phenoxy) is 1. The summed E-state index contributed by atoms with van der Waals surface area (Å²) in [6, 6.07) is 10.4. The van der Waals surface area contributed by atoms with Gasteiger partial charge in [-0.05, 0) is 32.0 Å². The molecule has 1 N–H and O–H groups in total. The number of aryl methyl sites for hydroxylation is 1. The highest BCUT2D eigenvalue weighted by Gasteiger charge is 2.26. The van der Waals surface area contributed by atoms with E-state index in [-0.39, 0.29) is 29.2 Å². The van der Waals surface area contributed by atoms with Crippen LogP contribution in [0.1, 0.15) is 28.4 Å². The van der Waals surface area contributed by atoms with Gasteiger partial charge in [-0.25, -0.2) is 13.8 Å². The Morgan fingerprint density at radius 1 is 1.16 bits per heavy atom. The molecule has 0 aliphatic carbocycles. The lowest BCUT2D eigenvalue weighted by Crippen LogP contribution is -2.40. The number of nitro benzene ring substituents is 1. The first kappa shape index (κ1) is 22.5. The minimum absolute atomic E-state index is 0.0110. The van der Waals surface area contributed by atoms with Crippen LogP contribution in [-0.4, -0.2) is 55.6 Å². The van der Waals surface area contributed by atoms with E-state index >= 15 is 0 Å². The number of nitro groups is 1. The molecule has 1 fully saturated rings. The molecule has 164 valence electrons. The van der Waals surface area contributed by atoms with Gasteiger partial charge in [-0.3, -0.25) is 14.9 Å². The second kappa shape index (κ2) is 9.33. The Balaban J connectivity index is 1.77. The lowest BCUT2D eigenvalue weighted by atomic mass is 10.1. The van der Waals surface area contributed by atoms with Gasteiger partial charge in [-0.15, -0.1) is 0 Å². The lowest BCUT2D eigenvalue weighted by Gasteiger charge is -2.26. The van der Waals surface area contributed by atoms with Crippen molar-refractivity contribution in [3.05, 3.63) is 69.3 Å². The average Bonchev–Trinajstić information content (AvgIpc) is 2.78. The molecule has 1 aliphatic rings. The molecule has 0 saturated carbocycles. The van der Waals surface area contributed by atoms with Gasteiger partial charge in [0.25, 0.3) is 11.6 Å². The summed E-state index contributed by atoms with van der Waals surface area (Å²) in [5.74, 6) is -0.597. The number of amides is 1. The molecule has 1 heterocycles. The highest BCUT2D eigenvalue weighted by atomic mass is 32.2. The number of nitrogens with zero attached hydrogens (tertiary/aromatic N) is 3. The third-order valence-electron chi connectivity index (χ3n) is 4.85. The molecule has 0 bridgehead atoms. The number of nitrogens with one attached hydrogen (secondary N) is 1. The normalized spacial score (nSPS) is 15.5. The van der Waals surface area contributed by atoms with Crippen molar-refractivity contribution in [2.45, 2.75) is 18.7 Å². The Hall–Kier alpha value is -3.15. The monoisotopic (exact) mass is 446 g/mol. The maximum absolute atomic E-state index is 12.8. The Morgan fingerprint density at radius 3 is 2.55 bits per heavy atom. The van der Waals surface area contributed by atoms with Gasteiger partial charge in [0.15, 0.2) is 0 Å². The van der Waals surface area contributed by atoms with E-state index in [1.165, 1.54) is 34.6 Å². The molecule has 0 spiro atoms. The highest BCUT2D eigenvalue weighted by Crippen LogP contribution is 2.20. The smallest absolute Gasteiger partial charge is 0.272 e. The quantitative estimate of drug-likeness (QED) is 0.411. The van der Waals surface area contributed by atoms with E-state index in [1.54, 1.807) is 26.0 Å². The molecule has 1 amide bonds. The third-order valence-corrected chi connectivity index (χ3v) is 6.75. The van der Waals surface area contributed by atoms with Gasteiger partial charge in [0.05, 0.1) is 28.7 Å². The van der Waals surface area contributed by atoms with E-state index in [9.17, 15) is 23.3 Å². The van der Waals surface area contributed by atoms with Gasteiger partial charge in [0.2, 0.25) is 10.0 Å². The zero-order valence-electron chi connectivity index (χ0n) is 17.1. The average molecular weight is 446 g/mol. The molecule has 11 heteroatoms. The van der Waals surface area contributed by atoms with Crippen LogP contribution in [0.15, 0.2) is 52.5 Å². The van der Waals surface area contributed by atoms with E-state index in [0.29, 0.717) is 30.1 Å². The van der Waals surface area contributed by atoms with Gasteiger partial charge in [-0.2, -0.15) is 9.41 Å². The van der Waals surface area contributed by atoms with Crippen molar-refractivity contribution in [3.63, 3.8) is 0 Å². The van der Waals surface area contributed by atoms with Crippen LogP contribution in [0.25, 0.3) is 0 Å². The van der Waals surface area contributed by atoms with E-state index < -0.39 is 20.9 Å². The van der Waals surface area contributed by atoms with Crippen LogP contribution >= 0.6 is 0 Å². The van der Waals surface area contributed by atoms with E-state index in [1.807, 2.05) is 0 Å². The maximum atomic E-state index is 12.8. The first-order valence-corrected chi connectivity index (χ1v) is 10.9. The fraction of sp³-hybridized carbons (Fsp3) is 0.300. The SMILES string of the molecule is C/C(=N/NC(=O)c1cccc(S(=O)(=O)N2CCOCC2)c1)c1ccc(C)c([N+](=O)[O-])c1. The van der Waals surface area contributed by atoms with Gasteiger partial charge in [0.1, 0.15) is 0 Å². The molecular formula is C20H22N4O6S. The molecule has 0 atom stereocenters. The number of morpholine rings is 1. The van der Waals surface area contributed by atoms with Crippen LogP contribution in [0.4, 0.5) is 5.69 Å². The predicted octanol–water partition coefficient (Wildman–Crippen LogP) is 2.08. The van der Waals surface area contributed by atoms with Crippen LogP contribution in [0.3, 0.4) is 0 Å². The summed E-state index contributed by atoms with van der Waals surface area (Å²) in [5.41, 5.74) is 3.83. The summed E-state index contributed by atoms with van der Waals surface area (Å²) in [5, 5.41) is 15.1. The van der Waals surface area contributed by atoms with E-state index in [0.717, 1.165) is 0 Å². The van der Waals surface area contributed by atoms with Crippen molar-refractivity contribution in [1.29, 1.82) is 0 Å². The number of hydrazone groups is 1. The van der Waals surface area contributed by atoms with Crippen molar-refractivity contribution in [3.8, 4) is 0 Å². The fourth-order valence-corrected chi connectivity index (χ4v) is 4.48. The van der Waals surface area contributed by atoms with Crippen molar-refractivity contribution < 1.29 is 22.9 Å². The molecule has 2 aromatic rings. The van der Waals surface area contributed by atoms with E-state index in [4.69, 9.17) is 4.74 Å². The van der Waals surface area contributed by atoms with Gasteiger partial charge >= 0.3 is 0 Å². The largest absolute Gasteiger partial charge is 0.379 e.